The van der Waals surface area contributed by atoms with Crippen molar-refractivity contribution in [2.75, 3.05) is 5.73 Å². The first-order valence-corrected chi connectivity index (χ1v) is 4.05. The van der Waals surface area contributed by atoms with Crippen molar-refractivity contribution in [3.05, 3.63) is 18.1 Å². The van der Waals surface area contributed by atoms with Crippen LogP contribution in [-0.2, 0) is 6.42 Å². The third-order valence-electron chi connectivity index (χ3n) is 1.70. The molecule has 0 amide bonds. The summed E-state index contributed by atoms with van der Waals surface area (Å²) in [6.07, 6.45) is 3.28. The lowest BCUT2D eigenvalue weighted by atomic mass is 10.1. The van der Waals surface area contributed by atoms with E-state index in [1.54, 1.807) is 12.3 Å². The number of nitrogen functional groups attached to an aromatic ring is 1. The smallest absolute Gasteiger partial charge is 0.132 e. The van der Waals surface area contributed by atoms with Gasteiger partial charge in [-0.1, -0.05) is 6.92 Å². The average Bonchev–Trinajstić information content (AvgIpc) is 2.04. The molecule has 4 N–H and O–H groups in total. The van der Waals surface area contributed by atoms with Crippen molar-refractivity contribution in [1.29, 1.82) is 0 Å². The molecule has 0 aliphatic carbocycles. The third-order valence-corrected chi connectivity index (χ3v) is 1.70. The first-order valence-electron chi connectivity index (χ1n) is 4.05. The van der Waals surface area contributed by atoms with Crippen LogP contribution in [-0.4, -0.2) is 16.0 Å². The minimum absolute atomic E-state index is 0.131. The maximum atomic E-state index is 5.73. The van der Waals surface area contributed by atoms with Gasteiger partial charge >= 0.3 is 0 Å². The standard InChI is InChI=1S/C8H14N4/c1-2-6(9)5-8-11-4-3-7(10)12-8/h3-4,6H,2,5,9H2,1H3,(H2,10,11,12). The highest BCUT2D eigenvalue weighted by molar-refractivity contribution is 5.25. The second kappa shape index (κ2) is 4.01. The number of nitrogens with zero attached hydrogens (tertiary/aromatic N) is 2. The average molecular weight is 166 g/mol. The summed E-state index contributed by atoms with van der Waals surface area (Å²) in [5, 5.41) is 0. The van der Waals surface area contributed by atoms with Gasteiger partial charge in [-0.25, -0.2) is 9.97 Å². The van der Waals surface area contributed by atoms with E-state index >= 15 is 0 Å². The molecule has 0 spiro atoms. The van der Waals surface area contributed by atoms with Crippen LogP contribution in [0.15, 0.2) is 12.3 Å². The largest absolute Gasteiger partial charge is 0.384 e. The van der Waals surface area contributed by atoms with Crippen LogP contribution in [0.1, 0.15) is 19.2 Å². The number of hydrogen-bond donors (Lipinski definition) is 2. The number of aromatic nitrogens is 2. The van der Waals surface area contributed by atoms with Crippen molar-refractivity contribution in [2.45, 2.75) is 25.8 Å². The molecule has 0 radical (unpaired) electrons. The Hall–Kier alpha value is -1.16. The van der Waals surface area contributed by atoms with Crippen LogP contribution in [0.25, 0.3) is 0 Å². The second-order valence-corrected chi connectivity index (χ2v) is 2.77. The van der Waals surface area contributed by atoms with E-state index in [0.717, 1.165) is 12.2 Å². The Bertz CT molecular complexity index is 249. The van der Waals surface area contributed by atoms with Crippen molar-refractivity contribution in [2.24, 2.45) is 5.73 Å². The van der Waals surface area contributed by atoms with Crippen molar-refractivity contribution >= 4 is 5.82 Å². The number of hydrogen-bond acceptors (Lipinski definition) is 4. The van der Waals surface area contributed by atoms with Gasteiger partial charge in [-0.05, 0) is 12.5 Å². The minimum atomic E-state index is 0.131. The zero-order valence-electron chi connectivity index (χ0n) is 7.20. The van der Waals surface area contributed by atoms with E-state index in [1.807, 2.05) is 6.92 Å². The summed E-state index contributed by atoms with van der Waals surface area (Å²) in [6, 6.07) is 1.80. The highest BCUT2D eigenvalue weighted by Crippen LogP contribution is 2.00. The summed E-state index contributed by atoms with van der Waals surface area (Å²) < 4.78 is 0. The van der Waals surface area contributed by atoms with Gasteiger partial charge in [-0.2, -0.15) is 0 Å². The van der Waals surface area contributed by atoms with Crippen LogP contribution in [0.3, 0.4) is 0 Å². The lowest BCUT2D eigenvalue weighted by molar-refractivity contribution is 0.625. The normalized spacial score (nSPS) is 12.8. The van der Waals surface area contributed by atoms with E-state index in [1.165, 1.54) is 0 Å². The molecule has 0 saturated carbocycles. The topological polar surface area (TPSA) is 77.8 Å². The van der Waals surface area contributed by atoms with Gasteiger partial charge < -0.3 is 11.5 Å². The molecule has 1 heterocycles. The van der Waals surface area contributed by atoms with Crippen molar-refractivity contribution in [3.8, 4) is 0 Å². The maximum absolute atomic E-state index is 5.73. The van der Waals surface area contributed by atoms with Crippen LogP contribution >= 0.6 is 0 Å². The van der Waals surface area contributed by atoms with Gasteiger partial charge in [0.1, 0.15) is 11.6 Å². The van der Waals surface area contributed by atoms with Crippen LogP contribution < -0.4 is 11.5 Å². The fourth-order valence-corrected chi connectivity index (χ4v) is 0.892. The van der Waals surface area contributed by atoms with E-state index in [4.69, 9.17) is 11.5 Å². The fourth-order valence-electron chi connectivity index (χ4n) is 0.892. The van der Waals surface area contributed by atoms with Crippen LogP contribution in [0.5, 0.6) is 0 Å². The predicted octanol–water partition coefficient (Wildman–Crippen LogP) is 0.339. The lowest BCUT2D eigenvalue weighted by Crippen LogP contribution is -2.22. The molecular weight excluding hydrogens is 152 g/mol. The van der Waals surface area contributed by atoms with Gasteiger partial charge in [0, 0.05) is 18.7 Å². The molecule has 0 aliphatic rings. The molecule has 0 fully saturated rings. The van der Waals surface area contributed by atoms with Crippen molar-refractivity contribution in [3.63, 3.8) is 0 Å². The Balaban J connectivity index is 2.63. The van der Waals surface area contributed by atoms with E-state index in [0.29, 0.717) is 12.2 Å². The number of anilines is 1. The maximum Gasteiger partial charge on any atom is 0.132 e. The molecule has 1 unspecified atom stereocenters. The van der Waals surface area contributed by atoms with Crippen LogP contribution in [0.4, 0.5) is 5.82 Å². The number of rotatable bonds is 3. The van der Waals surface area contributed by atoms with Crippen molar-refractivity contribution in [1.82, 2.24) is 9.97 Å². The molecule has 66 valence electrons. The van der Waals surface area contributed by atoms with Crippen molar-refractivity contribution < 1.29 is 0 Å². The van der Waals surface area contributed by atoms with Crippen LogP contribution in [0, 0.1) is 0 Å². The Kier molecular flexibility index (Phi) is 2.99. The predicted molar refractivity (Wildman–Crippen MR) is 48.4 cm³/mol. The first kappa shape index (κ1) is 8.93. The molecule has 0 aliphatic heterocycles. The summed E-state index contributed by atoms with van der Waals surface area (Å²) in [5.41, 5.74) is 11.2. The first-order chi connectivity index (χ1) is 5.72. The summed E-state index contributed by atoms with van der Waals surface area (Å²) >= 11 is 0. The van der Waals surface area contributed by atoms with Crippen LogP contribution in [0.2, 0.25) is 0 Å². The van der Waals surface area contributed by atoms with E-state index in [-0.39, 0.29) is 6.04 Å². The fraction of sp³-hybridized carbons (Fsp3) is 0.500. The van der Waals surface area contributed by atoms with E-state index < -0.39 is 0 Å². The SMILES string of the molecule is CCC(N)Cc1nccc(N)n1. The van der Waals surface area contributed by atoms with E-state index in [2.05, 4.69) is 9.97 Å². The summed E-state index contributed by atoms with van der Waals surface area (Å²) in [6.45, 7) is 2.04. The summed E-state index contributed by atoms with van der Waals surface area (Å²) in [7, 11) is 0. The van der Waals surface area contributed by atoms with E-state index in [9.17, 15) is 0 Å². The Morgan fingerprint density at radius 1 is 1.58 bits per heavy atom. The monoisotopic (exact) mass is 166 g/mol. The minimum Gasteiger partial charge on any atom is -0.384 e. The quantitative estimate of drug-likeness (QED) is 0.678. The highest BCUT2D eigenvalue weighted by Gasteiger charge is 2.03. The summed E-state index contributed by atoms with van der Waals surface area (Å²) in [5.74, 6) is 1.23. The van der Waals surface area contributed by atoms with Gasteiger partial charge in [-0.15, -0.1) is 0 Å². The zero-order chi connectivity index (χ0) is 8.97. The molecule has 0 saturated heterocycles. The molecule has 12 heavy (non-hydrogen) atoms. The van der Waals surface area contributed by atoms with Gasteiger partial charge in [0.2, 0.25) is 0 Å². The Morgan fingerprint density at radius 2 is 2.33 bits per heavy atom. The van der Waals surface area contributed by atoms with Gasteiger partial charge in [-0.3, -0.25) is 0 Å². The summed E-state index contributed by atoms with van der Waals surface area (Å²) in [4.78, 5) is 8.10. The zero-order valence-corrected chi connectivity index (χ0v) is 7.20. The lowest BCUT2D eigenvalue weighted by Gasteiger charge is -2.06. The molecule has 1 aromatic heterocycles. The number of nitrogens with two attached hydrogens (primary N) is 2. The molecule has 4 heteroatoms. The molecular formula is C8H14N4. The van der Waals surface area contributed by atoms with Gasteiger partial charge in [0.25, 0.3) is 0 Å². The molecule has 1 atom stereocenters. The molecule has 1 aromatic rings. The molecule has 4 nitrogen and oxygen atoms in total. The van der Waals surface area contributed by atoms with Gasteiger partial charge in [0.05, 0.1) is 0 Å². The molecule has 1 rings (SSSR count). The third kappa shape index (κ3) is 2.47. The Labute approximate surface area is 72.0 Å². The highest BCUT2D eigenvalue weighted by atomic mass is 14.9. The van der Waals surface area contributed by atoms with Gasteiger partial charge in [0.15, 0.2) is 0 Å². The molecule has 0 bridgehead atoms. The second-order valence-electron chi connectivity index (χ2n) is 2.77. The Morgan fingerprint density at radius 3 is 2.92 bits per heavy atom. The molecule has 0 aromatic carbocycles.